The second kappa shape index (κ2) is 4.96. The van der Waals surface area contributed by atoms with Crippen LogP contribution in [0, 0.1) is 12.7 Å². The number of halogens is 1. The van der Waals surface area contributed by atoms with Gasteiger partial charge in [0.25, 0.3) is 0 Å². The normalized spacial score (nSPS) is 10.9. The molecule has 0 saturated heterocycles. The first-order valence-corrected chi connectivity index (χ1v) is 6.56. The van der Waals surface area contributed by atoms with E-state index in [1.807, 2.05) is 49.0 Å². The van der Waals surface area contributed by atoms with Crippen molar-refractivity contribution in [1.29, 1.82) is 0 Å². The molecule has 0 spiro atoms. The molecule has 102 valence electrons. The monoisotopic (exact) mass is 269 g/mol. The van der Waals surface area contributed by atoms with E-state index >= 15 is 0 Å². The van der Waals surface area contributed by atoms with E-state index in [9.17, 15) is 4.39 Å². The van der Waals surface area contributed by atoms with Gasteiger partial charge in [-0.05, 0) is 30.7 Å². The first-order chi connectivity index (χ1) is 9.65. The molecule has 0 atom stereocenters. The number of aryl methyl sites for hydroxylation is 2. The van der Waals surface area contributed by atoms with Crippen LogP contribution in [0.15, 0.2) is 42.5 Å². The topological polar surface area (TPSA) is 29.9 Å². The number of para-hydroxylation sites is 1. The fraction of sp³-hybridized carbons (Fsp3) is 0.188. The van der Waals surface area contributed by atoms with Gasteiger partial charge in [-0.2, -0.15) is 5.10 Å². The molecule has 4 heteroatoms. The van der Waals surface area contributed by atoms with Crippen LogP contribution in [0.5, 0.6) is 0 Å². The van der Waals surface area contributed by atoms with Crippen LogP contribution in [-0.2, 0) is 13.6 Å². The maximum atomic E-state index is 13.8. The van der Waals surface area contributed by atoms with Crippen molar-refractivity contribution in [3.63, 3.8) is 0 Å². The lowest BCUT2D eigenvalue weighted by atomic mass is 10.2. The number of rotatable bonds is 3. The van der Waals surface area contributed by atoms with Crippen molar-refractivity contribution in [2.75, 3.05) is 5.32 Å². The van der Waals surface area contributed by atoms with E-state index < -0.39 is 0 Å². The SMILES string of the molecule is Cc1ccc(NCc2nn(C)c3ccccc23)c(F)c1. The van der Waals surface area contributed by atoms with E-state index in [-0.39, 0.29) is 5.82 Å². The predicted molar refractivity (Wildman–Crippen MR) is 79.2 cm³/mol. The highest BCUT2D eigenvalue weighted by Crippen LogP contribution is 2.20. The molecule has 0 aliphatic heterocycles. The van der Waals surface area contributed by atoms with Gasteiger partial charge in [0.15, 0.2) is 0 Å². The summed E-state index contributed by atoms with van der Waals surface area (Å²) in [7, 11) is 1.91. The Morgan fingerprint density at radius 3 is 2.80 bits per heavy atom. The Hall–Kier alpha value is -2.36. The molecule has 1 N–H and O–H groups in total. The first-order valence-electron chi connectivity index (χ1n) is 6.56. The number of hydrogen-bond donors (Lipinski definition) is 1. The summed E-state index contributed by atoms with van der Waals surface area (Å²) >= 11 is 0. The number of aromatic nitrogens is 2. The lowest BCUT2D eigenvalue weighted by Crippen LogP contribution is -2.03. The van der Waals surface area contributed by atoms with Crippen LogP contribution >= 0.6 is 0 Å². The van der Waals surface area contributed by atoms with Crippen molar-refractivity contribution in [2.45, 2.75) is 13.5 Å². The van der Waals surface area contributed by atoms with Crippen molar-refractivity contribution >= 4 is 16.6 Å². The fourth-order valence-corrected chi connectivity index (χ4v) is 2.36. The Kier molecular flexibility index (Phi) is 3.14. The van der Waals surface area contributed by atoms with Crippen LogP contribution in [0.25, 0.3) is 10.9 Å². The van der Waals surface area contributed by atoms with Gasteiger partial charge in [0, 0.05) is 12.4 Å². The van der Waals surface area contributed by atoms with E-state index in [1.54, 1.807) is 6.07 Å². The minimum absolute atomic E-state index is 0.231. The van der Waals surface area contributed by atoms with E-state index in [2.05, 4.69) is 10.4 Å². The number of benzene rings is 2. The Balaban J connectivity index is 1.87. The average molecular weight is 269 g/mol. The predicted octanol–water partition coefficient (Wildman–Crippen LogP) is 3.63. The molecule has 0 bridgehead atoms. The molecular formula is C16H16FN3. The summed E-state index contributed by atoms with van der Waals surface area (Å²) in [6.07, 6.45) is 0. The molecule has 0 saturated carbocycles. The van der Waals surface area contributed by atoms with Gasteiger partial charge in [-0.15, -0.1) is 0 Å². The molecule has 0 unspecified atom stereocenters. The molecule has 1 heterocycles. The standard InChI is InChI=1S/C16H16FN3/c1-11-7-8-14(13(17)9-11)18-10-15-12-5-3-4-6-16(12)20(2)19-15/h3-9,18H,10H2,1-2H3. The van der Waals surface area contributed by atoms with Gasteiger partial charge in [-0.3, -0.25) is 4.68 Å². The summed E-state index contributed by atoms with van der Waals surface area (Å²) in [5, 5.41) is 8.69. The first kappa shape index (κ1) is 12.7. The molecule has 1 aromatic heterocycles. The maximum absolute atomic E-state index is 13.8. The van der Waals surface area contributed by atoms with Crippen LogP contribution in [-0.4, -0.2) is 9.78 Å². The highest BCUT2D eigenvalue weighted by molar-refractivity contribution is 5.82. The number of fused-ring (bicyclic) bond motifs is 1. The second-order valence-corrected chi connectivity index (χ2v) is 4.92. The summed E-state index contributed by atoms with van der Waals surface area (Å²) in [6, 6.07) is 13.2. The molecule has 0 fully saturated rings. The Morgan fingerprint density at radius 2 is 2.00 bits per heavy atom. The van der Waals surface area contributed by atoms with Crippen LogP contribution in [0.2, 0.25) is 0 Å². The van der Waals surface area contributed by atoms with Crippen LogP contribution in [0.1, 0.15) is 11.3 Å². The molecule has 0 aliphatic rings. The molecule has 3 rings (SSSR count). The van der Waals surface area contributed by atoms with Gasteiger partial charge in [0.1, 0.15) is 5.82 Å². The number of hydrogen-bond acceptors (Lipinski definition) is 2. The number of anilines is 1. The van der Waals surface area contributed by atoms with Gasteiger partial charge in [-0.25, -0.2) is 4.39 Å². The third-order valence-corrected chi connectivity index (χ3v) is 3.41. The molecule has 20 heavy (non-hydrogen) atoms. The molecular weight excluding hydrogens is 253 g/mol. The smallest absolute Gasteiger partial charge is 0.146 e. The molecule has 3 aromatic rings. The number of nitrogens with one attached hydrogen (secondary N) is 1. The minimum Gasteiger partial charge on any atom is -0.377 e. The van der Waals surface area contributed by atoms with Gasteiger partial charge in [0.05, 0.1) is 23.4 Å². The summed E-state index contributed by atoms with van der Waals surface area (Å²) in [5.41, 5.74) is 3.42. The van der Waals surface area contributed by atoms with Crippen molar-refractivity contribution in [3.05, 3.63) is 59.5 Å². The Bertz CT molecular complexity index is 762. The van der Waals surface area contributed by atoms with E-state index in [4.69, 9.17) is 0 Å². The molecule has 0 radical (unpaired) electrons. The van der Waals surface area contributed by atoms with Crippen molar-refractivity contribution in [3.8, 4) is 0 Å². The average Bonchev–Trinajstić information content (AvgIpc) is 2.75. The molecule has 2 aromatic carbocycles. The Morgan fingerprint density at radius 1 is 1.20 bits per heavy atom. The lowest BCUT2D eigenvalue weighted by molar-refractivity contribution is 0.628. The third kappa shape index (κ3) is 2.25. The van der Waals surface area contributed by atoms with Crippen LogP contribution in [0.3, 0.4) is 0 Å². The quantitative estimate of drug-likeness (QED) is 0.786. The minimum atomic E-state index is -0.231. The van der Waals surface area contributed by atoms with E-state index in [0.29, 0.717) is 12.2 Å². The maximum Gasteiger partial charge on any atom is 0.146 e. The summed E-state index contributed by atoms with van der Waals surface area (Å²) in [5.74, 6) is -0.231. The van der Waals surface area contributed by atoms with Crippen LogP contribution < -0.4 is 5.32 Å². The Labute approximate surface area is 117 Å². The third-order valence-electron chi connectivity index (χ3n) is 3.41. The van der Waals surface area contributed by atoms with Crippen LogP contribution in [0.4, 0.5) is 10.1 Å². The molecule has 0 aliphatic carbocycles. The zero-order valence-corrected chi connectivity index (χ0v) is 11.5. The van der Waals surface area contributed by atoms with Crippen molar-refractivity contribution in [1.82, 2.24) is 9.78 Å². The fourth-order valence-electron chi connectivity index (χ4n) is 2.36. The number of nitrogens with zero attached hydrogens (tertiary/aromatic N) is 2. The van der Waals surface area contributed by atoms with Gasteiger partial charge < -0.3 is 5.32 Å². The summed E-state index contributed by atoms with van der Waals surface area (Å²) < 4.78 is 15.6. The van der Waals surface area contributed by atoms with Gasteiger partial charge >= 0.3 is 0 Å². The molecule has 0 amide bonds. The van der Waals surface area contributed by atoms with E-state index in [0.717, 1.165) is 22.2 Å². The lowest BCUT2D eigenvalue weighted by Gasteiger charge is -2.06. The summed E-state index contributed by atoms with van der Waals surface area (Å²) in [4.78, 5) is 0. The largest absolute Gasteiger partial charge is 0.377 e. The van der Waals surface area contributed by atoms with Gasteiger partial charge in [0.2, 0.25) is 0 Å². The summed E-state index contributed by atoms with van der Waals surface area (Å²) in [6.45, 7) is 2.38. The zero-order chi connectivity index (χ0) is 14.1. The van der Waals surface area contributed by atoms with E-state index in [1.165, 1.54) is 6.07 Å². The zero-order valence-electron chi connectivity index (χ0n) is 11.5. The second-order valence-electron chi connectivity index (χ2n) is 4.92. The van der Waals surface area contributed by atoms with Crippen molar-refractivity contribution in [2.24, 2.45) is 7.05 Å². The molecule has 3 nitrogen and oxygen atoms in total. The van der Waals surface area contributed by atoms with Gasteiger partial charge in [-0.1, -0.05) is 24.3 Å². The highest BCUT2D eigenvalue weighted by Gasteiger charge is 2.08. The highest BCUT2D eigenvalue weighted by atomic mass is 19.1. The van der Waals surface area contributed by atoms with Crippen molar-refractivity contribution < 1.29 is 4.39 Å².